The van der Waals surface area contributed by atoms with Crippen LogP contribution < -0.4 is 4.90 Å². The van der Waals surface area contributed by atoms with E-state index in [-0.39, 0.29) is 35.6 Å². The summed E-state index contributed by atoms with van der Waals surface area (Å²) in [7, 11) is 0. The summed E-state index contributed by atoms with van der Waals surface area (Å²) < 4.78 is 13.4. The molecule has 1 aromatic rings. The number of halogens is 1. The van der Waals surface area contributed by atoms with Crippen LogP contribution in [0.25, 0.3) is 0 Å². The molecular formula is C27H33FN2O3. The van der Waals surface area contributed by atoms with Crippen molar-refractivity contribution >= 4 is 23.4 Å². The fraction of sp³-hybridized carbons (Fsp3) is 0.667. The van der Waals surface area contributed by atoms with E-state index in [2.05, 4.69) is 0 Å². The van der Waals surface area contributed by atoms with Gasteiger partial charge in [0.05, 0.1) is 17.5 Å². The third kappa shape index (κ3) is 3.52. The van der Waals surface area contributed by atoms with Gasteiger partial charge in [-0.15, -0.1) is 0 Å². The number of imide groups is 1. The van der Waals surface area contributed by atoms with Crippen LogP contribution in [-0.2, 0) is 14.4 Å². The Kier molecular flexibility index (Phi) is 5.11. The van der Waals surface area contributed by atoms with Gasteiger partial charge in [-0.05, 0) is 93.4 Å². The topological polar surface area (TPSA) is 57.7 Å². The quantitative estimate of drug-likeness (QED) is 0.615. The lowest BCUT2D eigenvalue weighted by Gasteiger charge is -2.57. The Bertz CT molecular complexity index is 933. The number of nitrogens with zero attached hydrogens (tertiary/aromatic N) is 2. The van der Waals surface area contributed by atoms with Gasteiger partial charge in [0, 0.05) is 6.04 Å². The van der Waals surface area contributed by atoms with Gasteiger partial charge in [0.1, 0.15) is 11.9 Å². The molecule has 5 aliphatic carbocycles. The summed E-state index contributed by atoms with van der Waals surface area (Å²) in [5.74, 6) is 1.06. The molecule has 1 heterocycles. The van der Waals surface area contributed by atoms with Crippen LogP contribution in [0.1, 0.15) is 77.0 Å². The molecular weight excluding hydrogens is 419 g/mol. The minimum Gasteiger partial charge on any atom is -0.327 e. The van der Waals surface area contributed by atoms with Gasteiger partial charge in [0.15, 0.2) is 0 Å². The zero-order valence-electron chi connectivity index (χ0n) is 19.2. The SMILES string of the molecule is O=C1CC(N(C(=O)C23CC4CC(CC(C4)C2)C3)C2CCCCC2)C(=O)N1c1ccc(F)cc1. The second kappa shape index (κ2) is 7.92. The van der Waals surface area contributed by atoms with E-state index in [0.717, 1.165) is 51.4 Å². The summed E-state index contributed by atoms with van der Waals surface area (Å²) in [5, 5.41) is 0. The molecule has 5 nitrogen and oxygen atoms in total. The smallest absolute Gasteiger partial charge is 0.257 e. The lowest BCUT2D eigenvalue weighted by Crippen LogP contribution is -2.60. The van der Waals surface area contributed by atoms with E-state index in [1.54, 1.807) is 0 Å². The summed E-state index contributed by atoms with van der Waals surface area (Å²) in [6, 6.07) is 4.78. The highest BCUT2D eigenvalue weighted by molar-refractivity contribution is 6.23. The molecule has 6 aliphatic rings. The molecule has 6 fully saturated rings. The van der Waals surface area contributed by atoms with Gasteiger partial charge in [-0.1, -0.05) is 19.3 Å². The monoisotopic (exact) mass is 452 g/mol. The van der Waals surface area contributed by atoms with Gasteiger partial charge in [-0.3, -0.25) is 14.4 Å². The van der Waals surface area contributed by atoms with Crippen LogP contribution in [0.4, 0.5) is 10.1 Å². The first-order chi connectivity index (χ1) is 15.9. The van der Waals surface area contributed by atoms with Crippen molar-refractivity contribution in [2.75, 3.05) is 4.90 Å². The second-order valence-electron chi connectivity index (χ2n) is 11.5. The number of amides is 3. The van der Waals surface area contributed by atoms with E-state index in [4.69, 9.17) is 0 Å². The van der Waals surface area contributed by atoms with Crippen molar-refractivity contribution in [2.24, 2.45) is 23.2 Å². The molecule has 1 saturated heterocycles. The lowest BCUT2D eigenvalue weighted by atomic mass is 9.49. The number of benzene rings is 1. The summed E-state index contributed by atoms with van der Waals surface area (Å²) in [6.07, 6.45) is 11.8. The van der Waals surface area contributed by atoms with Crippen LogP contribution in [-0.4, -0.2) is 34.7 Å². The number of hydrogen-bond acceptors (Lipinski definition) is 3. The van der Waals surface area contributed by atoms with E-state index < -0.39 is 11.9 Å². The molecule has 0 N–H and O–H groups in total. The van der Waals surface area contributed by atoms with Crippen molar-refractivity contribution in [1.82, 2.24) is 4.90 Å². The Morgan fingerprint density at radius 1 is 0.909 bits per heavy atom. The molecule has 1 atom stereocenters. The van der Waals surface area contributed by atoms with Crippen molar-refractivity contribution < 1.29 is 18.8 Å². The fourth-order valence-electron chi connectivity index (χ4n) is 8.26. The van der Waals surface area contributed by atoms with E-state index >= 15 is 0 Å². The van der Waals surface area contributed by atoms with Crippen LogP contribution >= 0.6 is 0 Å². The van der Waals surface area contributed by atoms with Crippen LogP contribution in [0.15, 0.2) is 24.3 Å². The number of anilines is 1. The molecule has 4 bridgehead atoms. The maximum atomic E-state index is 14.4. The highest BCUT2D eigenvalue weighted by Crippen LogP contribution is 2.61. The molecule has 33 heavy (non-hydrogen) atoms. The van der Waals surface area contributed by atoms with Crippen molar-refractivity contribution in [3.05, 3.63) is 30.1 Å². The summed E-state index contributed by atoms with van der Waals surface area (Å²) in [4.78, 5) is 44.1. The molecule has 176 valence electrons. The maximum absolute atomic E-state index is 14.4. The molecule has 6 heteroatoms. The zero-order valence-corrected chi connectivity index (χ0v) is 19.2. The average Bonchev–Trinajstić information content (AvgIpc) is 3.08. The van der Waals surface area contributed by atoms with Crippen LogP contribution in [0.2, 0.25) is 0 Å². The first-order valence-electron chi connectivity index (χ1n) is 12.9. The first kappa shape index (κ1) is 21.3. The minimum atomic E-state index is -0.730. The molecule has 1 unspecified atom stereocenters. The van der Waals surface area contributed by atoms with Crippen molar-refractivity contribution in [2.45, 2.75) is 89.1 Å². The minimum absolute atomic E-state index is 0.0326. The predicted molar refractivity (Wildman–Crippen MR) is 122 cm³/mol. The predicted octanol–water partition coefficient (Wildman–Crippen LogP) is 4.84. The second-order valence-corrected chi connectivity index (χ2v) is 11.5. The van der Waals surface area contributed by atoms with Gasteiger partial charge in [0.25, 0.3) is 5.91 Å². The van der Waals surface area contributed by atoms with E-state index in [0.29, 0.717) is 23.4 Å². The van der Waals surface area contributed by atoms with Crippen LogP contribution in [0.5, 0.6) is 0 Å². The summed E-state index contributed by atoms with van der Waals surface area (Å²) in [6.45, 7) is 0. The number of carbonyl (C=O) groups is 3. The first-order valence-corrected chi connectivity index (χ1v) is 12.9. The number of rotatable bonds is 4. The fourth-order valence-corrected chi connectivity index (χ4v) is 8.26. The molecule has 3 amide bonds. The molecule has 0 aromatic heterocycles. The highest BCUT2D eigenvalue weighted by Gasteiger charge is 2.58. The van der Waals surface area contributed by atoms with Crippen LogP contribution in [0.3, 0.4) is 0 Å². The highest BCUT2D eigenvalue weighted by atomic mass is 19.1. The summed E-state index contributed by atoms with van der Waals surface area (Å²) >= 11 is 0. The largest absolute Gasteiger partial charge is 0.327 e. The van der Waals surface area contributed by atoms with Crippen LogP contribution in [0, 0.1) is 29.0 Å². The Balaban J connectivity index is 1.33. The maximum Gasteiger partial charge on any atom is 0.257 e. The standard InChI is InChI=1S/C27H33FN2O3/c28-20-6-8-22(9-7-20)30-24(31)13-23(25(30)32)29(21-4-2-1-3-5-21)26(33)27-14-17-10-18(15-27)12-19(11-17)16-27/h6-9,17-19,21,23H,1-5,10-16H2. The van der Waals surface area contributed by atoms with E-state index in [1.807, 2.05) is 4.90 Å². The number of carbonyl (C=O) groups excluding carboxylic acids is 3. The van der Waals surface area contributed by atoms with Gasteiger partial charge in [-0.25, -0.2) is 9.29 Å². The van der Waals surface area contributed by atoms with E-state index in [1.165, 1.54) is 48.4 Å². The molecule has 0 radical (unpaired) electrons. The molecule has 0 spiro atoms. The third-order valence-corrected chi connectivity index (χ3v) is 9.24. The molecule has 1 aliphatic heterocycles. The Morgan fingerprint density at radius 2 is 1.48 bits per heavy atom. The normalized spacial score (nSPS) is 36.0. The van der Waals surface area contributed by atoms with Crippen molar-refractivity contribution in [3.8, 4) is 0 Å². The van der Waals surface area contributed by atoms with Gasteiger partial charge < -0.3 is 4.90 Å². The molecule has 5 saturated carbocycles. The Labute approximate surface area is 194 Å². The van der Waals surface area contributed by atoms with Gasteiger partial charge in [0.2, 0.25) is 11.8 Å². The lowest BCUT2D eigenvalue weighted by molar-refractivity contribution is -0.165. The Morgan fingerprint density at radius 3 is 2.06 bits per heavy atom. The average molecular weight is 453 g/mol. The third-order valence-electron chi connectivity index (χ3n) is 9.24. The van der Waals surface area contributed by atoms with Crippen molar-refractivity contribution in [1.29, 1.82) is 0 Å². The molecule has 7 rings (SSSR count). The summed E-state index contributed by atoms with van der Waals surface area (Å²) in [5.41, 5.74) is 0.0542. The number of hydrogen-bond donors (Lipinski definition) is 0. The van der Waals surface area contributed by atoms with Gasteiger partial charge >= 0.3 is 0 Å². The zero-order chi connectivity index (χ0) is 22.7. The molecule has 1 aromatic carbocycles. The Hall–Kier alpha value is -2.24. The van der Waals surface area contributed by atoms with E-state index in [9.17, 15) is 18.8 Å². The van der Waals surface area contributed by atoms with Gasteiger partial charge in [-0.2, -0.15) is 0 Å². The van der Waals surface area contributed by atoms with Crippen molar-refractivity contribution in [3.63, 3.8) is 0 Å².